The van der Waals surface area contributed by atoms with E-state index < -0.39 is 23.2 Å². The normalized spacial score (nSPS) is 22.4. The molecule has 0 spiro atoms. The van der Waals surface area contributed by atoms with Crippen molar-refractivity contribution in [2.75, 3.05) is 7.05 Å². The lowest BCUT2D eigenvalue weighted by Crippen LogP contribution is -2.70. The van der Waals surface area contributed by atoms with Crippen molar-refractivity contribution in [1.29, 1.82) is 0 Å². The maximum absolute atomic E-state index is 13.6. The SMILES string of the molecule is CC(C)n1c(=O)n2n(c1=O)[C@]1(c3ccccc3)C(c3ccccc3)=N[C@H]2C(=O)N1C. The molecule has 0 saturated heterocycles. The Morgan fingerprint density at radius 1 is 0.900 bits per heavy atom. The molecule has 30 heavy (non-hydrogen) atoms. The molecule has 0 radical (unpaired) electrons. The Balaban J connectivity index is 1.98. The topological polar surface area (TPSA) is 81.6 Å². The van der Waals surface area contributed by atoms with Crippen LogP contribution in [0.1, 0.15) is 37.2 Å². The summed E-state index contributed by atoms with van der Waals surface area (Å²) in [6.45, 7) is 3.55. The lowest BCUT2D eigenvalue weighted by atomic mass is 9.85. The molecule has 1 aromatic heterocycles. The molecule has 8 heteroatoms. The van der Waals surface area contributed by atoms with Crippen molar-refractivity contribution >= 4 is 11.6 Å². The van der Waals surface area contributed by atoms with E-state index in [0.717, 1.165) is 5.56 Å². The standard InChI is InChI=1S/C22H21N5O3/c1-14(2)25-20(29)26-18-19(28)24(3)22(27(26)21(25)30,16-12-8-5-9-13-16)17(23-18)15-10-6-4-7-11-15/h4-14,18H,1-3H3/t18-,22-/m1/s1. The summed E-state index contributed by atoms with van der Waals surface area (Å²) in [5, 5.41) is 0. The number of hydrogen-bond donors (Lipinski definition) is 0. The molecule has 3 aliphatic rings. The van der Waals surface area contributed by atoms with Crippen molar-refractivity contribution in [2.45, 2.75) is 31.7 Å². The highest BCUT2D eigenvalue weighted by Crippen LogP contribution is 2.42. The quantitative estimate of drug-likeness (QED) is 0.666. The van der Waals surface area contributed by atoms with Crippen LogP contribution in [0.2, 0.25) is 0 Å². The number of carbonyl (C=O) groups is 1. The summed E-state index contributed by atoms with van der Waals surface area (Å²) in [6.07, 6.45) is -1.11. The van der Waals surface area contributed by atoms with Gasteiger partial charge in [0.25, 0.3) is 5.91 Å². The van der Waals surface area contributed by atoms with Crippen LogP contribution in [0.5, 0.6) is 0 Å². The molecule has 0 unspecified atom stereocenters. The average molecular weight is 403 g/mol. The Bertz CT molecular complexity index is 1300. The number of nitrogens with zero attached hydrogens (tertiary/aromatic N) is 5. The number of aromatic nitrogens is 3. The van der Waals surface area contributed by atoms with E-state index in [1.807, 2.05) is 60.7 Å². The first-order valence-electron chi connectivity index (χ1n) is 9.84. The zero-order valence-corrected chi connectivity index (χ0v) is 16.9. The van der Waals surface area contributed by atoms with Gasteiger partial charge in [-0.1, -0.05) is 60.7 Å². The third-order valence-electron chi connectivity index (χ3n) is 5.90. The summed E-state index contributed by atoms with van der Waals surface area (Å²) in [4.78, 5) is 46.3. The second-order valence-corrected chi connectivity index (χ2v) is 7.84. The molecule has 0 saturated carbocycles. The second kappa shape index (κ2) is 6.16. The Morgan fingerprint density at radius 3 is 2.10 bits per heavy atom. The molecule has 2 aromatic carbocycles. The van der Waals surface area contributed by atoms with Gasteiger partial charge in [0.05, 0.1) is 5.71 Å². The van der Waals surface area contributed by atoms with Gasteiger partial charge in [-0.25, -0.2) is 19.1 Å². The maximum atomic E-state index is 13.6. The van der Waals surface area contributed by atoms with Gasteiger partial charge in [-0.2, -0.15) is 9.36 Å². The maximum Gasteiger partial charge on any atom is 0.350 e. The van der Waals surface area contributed by atoms with Gasteiger partial charge in [-0.05, 0) is 13.8 Å². The number of fused-ring (bicyclic) bond motifs is 1. The predicted octanol–water partition coefficient (Wildman–Crippen LogP) is 1.57. The minimum Gasteiger partial charge on any atom is -0.308 e. The van der Waals surface area contributed by atoms with Gasteiger partial charge < -0.3 is 4.90 Å². The average Bonchev–Trinajstić information content (AvgIpc) is 3.04. The fraction of sp³-hybridized carbons (Fsp3) is 0.273. The molecule has 3 aromatic rings. The first kappa shape index (κ1) is 18.4. The van der Waals surface area contributed by atoms with Crippen molar-refractivity contribution in [3.63, 3.8) is 0 Å². The Hall–Kier alpha value is -3.68. The largest absolute Gasteiger partial charge is 0.350 e. The predicted molar refractivity (Wildman–Crippen MR) is 112 cm³/mol. The lowest BCUT2D eigenvalue weighted by Gasteiger charge is -2.51. The second-order valence-electron chi connectivity index (χ2n) is 7.84. The number of hydrogen-bond acceptors (Lipinski definition) is 4. The molecular formula is C22H21N5O3. The highest BCUT2D eigenvalue weighted by atomic mass is 16.2. The van der Waals surface area contributed by atoms with Gasteiger partial charge in [0.15, 0.2) is 0 Å². The van der Waals surface area contributed by atoms with Crippen LogP contribution in [-0.2, 0) is 10.5 Å². The molecule has 3 aliphatic heterocycles. The van der Waals surface area contributed by atoms with Crippen LogP contribution in [-0.4, -0.2) is 37.5 Å². The van der Waals surface area contributed by atoms with Crippen molar-refractivity contribution in [3.05, 3.63) is 92.8 Å². The molecule has 6 rings (SSSR count). The van der Waals surface area contributed by atoms with Crippen molar-refractivity contribution in [2.24, 2.45) is 4.99 Å². The summed E-state index contributed by atoms with van der Waals surface area (Å²) < 4.78 is 3.80. The minimum absolute atomic E-state index is 0.332. The van der Waals surface area contributed by atoms with Crippen LogP contribution in [0.4, 0.5) is 0 Å². The van der Waals surface area contributed by atoms with E-state index in [4.69, 9.17) is 4.99 Å². The minimum atomic E-state index is -1.37. The molecular weight excluding hydrogens is 382 g/mol. The van der Waals surface area contributed by atoms with Crippen LogP contribution in [0.25, 0.3) is 0 Å². The zero-order chi connectivity index (χ0) is 21.2. The molecule has 0 fully saturated rings. The zero-order valence-electron chi connectivity index (χ0n) is 16.9. The highest BCUT2D eigenvalue weighted by Gasteiger charge is 2.59. The molecule has 4 heterocycles. The fourth-order valence-electron chi connectivity index (χ4n) is 4.58. The number of amides is 1. The van der Waals surface area contributed by atoms with Crippen LogP contribution >= 0.6 is 0 Å². The molecule has 2 bridgehead atoms. The van der Waals surface area contributed by atoms with E-state index in [1.54, 1.807) is 20.9 Å². The number of rotatable bonds is 3. The number of aliphatic imine (C=N–C) groups is 1. The summed E-state index contributed by atoms with van der Waals surface area (Å²) in [7, 11) is 1.66. The van der Waals surface area contributed by atoms with E-state index in [2.05, 4.69) is 0 Å². The summed E-state index contributed by atoms with van der Waals surface area (Å²) in [5.74, 6) is -0.332. The van der Waals surface area contributed by atoms with Gasteiger partial charge in [0.2, 0.25) is 11.8 Å². The Kier molecular flexibility index (Phi) is 3.77. The third-order valence-corrected chi connectivity index (χ3v) is 5.90. The van der Waals surface area contributed by atoms with Crippen molar-refractivity contribution in [1.82, 2.24) is 18.8 Å². The number of benzene rings is 2. The molecule has 1 amide bonds. The molecule has 8 nitrogen and oxygen atoms in total. The summed E-state index contributed by atoms with van der Waals surface area (Å²) in [6, 6.07) is 18.4. The smallest absolute Gasteiger partial charge is 0.308 e. The summed E-state index contributed by atoms with van der Waals surface area (Å²) >= 11 is 0. The first-order chi connectivity index (χ1) is 14.4. The van der Waals surface area contributed by atoms with Gasteiger partial charge in [-0.15, -0.1) is 0 Å². The van der Waals surface area contributed by atoms with Gasteiger partial charge in [0.1, 0.15) is 0 Å². The van der Waals surface area contributed by atoms with E-state index in [0.29, 0.717) is 11.3 Å². The van der Waals surface area contributed by atoms with Gasteiger partial charge in [-0.3, -0.25) is 4.79 Å². The third kappa shape index (κ3) is 2.05. The van der Waals surface area contributed by atoms with Crippen molar-refractivity contribution in [3.8, 4) is 0 Å². The molecule has 0 N–H and O–H groups in total. The summed E-state index contributed by atoms with van der Waals surface area (Å²) in [5.41, 5.74) is -0.342. The van der Waals surface area contributed by atoms with E-state index in [1.165, 1.54) is 18.8 Å². The van der Waals surface area contributed by atoms with E-state index >= 15 is 0 Å². The van der Waals surface area contributed by atoms with Gasteiger partial charge in [0, 0.05) is 24.2 Å². The Labute approximate surface area is 172 Å². The van der Waals surface area contributed by atoms with Gasteiger partial charge >= 0.3 is 11.4 Å². The fourth-order valence-corrected chi connectivity index (χ4v) is 4.58. The van der Waals surface area contributed by atoms with Crippen LogP contribution < -0.4 is 11.4 Å². The molecule has 2 atom stereocenters. The number of carbonyl (C=O) groups excluding carboxylic acids is 1. The van der Waals surface area contributed by atoms with Crippen LogP contribution in [0.3, 0.4) is 0 Å². The molecule has 152 valence electrons. The number of likely N-dealkylation sites (N-methyl/N-ethyl adjacent to an activating group) is 1. The molecule has 0 aliphatic carbocycles. The monoisotopic (exact) mass is 403 g/mol. The van der Waals surface area contributed by atoms with Crippen LogP contribution in [0.15, 0.2) is 75.2 Å². The van der Waals surface area contributed by atoms with E-state index in [9.17, 15) is 14.4 Å². The van der Waals surface area contributed by atoms with Crippen molar-refractivity contribution < 1.29 is 4.79 Å². The first-order valence-corrected chi connectivity index (χ1v) is 9.84. The van der Waals surface area contributed by atoms with E-state index in [-0.39, 0.29) is 11.9 Å². The lowest BCUT2D eigenvalue weighted by molar-refractivity contribution is -0.146. The highest BCUT2D eigenvalue weighted by molar-refractivity contribution is 6.12. The van der Waals surface area contributed by atoms with Crippen LogP contribution in [0, 0.1) is 0 Å². The Morgan fingerprint density at radius 2 is 1.50 bits per heavy atom.